The van der Waals surface area contributed by atoms with Crippen molar-refractivity contribution in [3.8, 4) is 16.9 Å². The largest absolute Gasteiger partial charge is 0.284 e. The minimum absolute atomic E-state index is 0.922. The van der Waals surface area contributed by atoms with Gasteiger partial charge in [0.15, 0.2) is 0 Å². The van der Waals surface area contributed by atoms with Gasteiger partial charge in [0.2, 0.25) is 4.80 Å². The molecule has 1 saturated carbocycles. The summed E-state index contributed by atoms with van der Waals surface area (Å²) in [5.74, 6) is 0. The molecule has 1 fully saturated rings. The molecule has 0 radical (unpaired) electrons. The van der Waals surface area contributed by atoms with Gasteiger partial charge < -0.3 is 0 Å². The summed E-state index contributed by atoms with van der Waals surface area (Å²) in [6, 6.07) is 19.1. The molecule has 0 unspecified atom stereocenters. The number of rotatable bonds is 3. The molecule has 3 aromatic rings. The van der Waals surface area contributed by atoms with Gasteiger partial charge in [0.05, 0.1) is 5.69 Å². The molecule has 0 N–H and O–H groups in total. The van der Waals surface area contributed by atoms with Gasteiger partial charge in [0.25, 0.3) is 0 Å². The van der Waals surface area contributed by atoms with E-state index in [-0.39, 0.29) is 0 Å². The van der Waals surface area contributed by atoms with Crippen molar-refractivity contribution < 1.29 is 0 Å². The Kier molecular flexibility index (Phi) is 5.12. The van der Waals surface area contributed by atoms with Crippen LogP contribution in [0, 0.1) is 6.92 Å². The lowest BCUT2D eigenvalue weighted by atomic mass is 9.99. The van der Waals surface area contributed by atoms with Crippen LogP contribution in [0.15, 0.2) is 70.2 Å². The SMILES string of the molecule is Cc1ccc(-n2c(-c3ccccc3)csc2=NN=C2CCCCC2)cc1. The summed E-state index contributed by atoms with van der Waals surface area (Å²) in [4.78, 5) is 0.922. The standard InChI is InChI=1S/C22H23N3S/c1-17-12-14-20(15-13-17)25-21(18-8-4-2-5-9-18)16-26-22(25)24-23-19-10-6-3-7-11-19/h2,4-5,8-9,12-16H,3,6-7,10-11H2,1H3. The zero-order valence-electron chi connectivity index (χ0n) is 15.1. The monoisotopic (exact) mass is 361 g/mol. The minimum Gasteiger partial charge on any atom is -0.284 e. The Bertz CT molecular complexity index is 955. The summed E-state index contributed by atoms with van der Waals surface area (Å²) >= 11 is 1.65. The van der Waals surface area contributed by atoms with Crippen molar-refractivity contribution in [2.24, 2.45) is 10.2 Å². The third kappa shape index (κ3) is 3.70. The van der Waals surface area contributed by atoms with E-state index in [0.717, 1.165) is 29.0 Å². The molecule has 0 aliphatic heterocycles. The molecule has 0 amide bonds. The molecule has 1 aliphatic rings. The second kappa shape index (κ2) is 7.83. The first-order valence-electron chi connectivity index (χ1n) is 9.24. The fourth-order valence-electron chi connectivity index (χ4n) is 3.31. The van der Waals surface area contributed by atoms with Gasteiger partial charge in [0.1, 0.15) is 0 Å². The first-order valence-corrected chi connectivity index (χ1v) is 10.1. The number of hydrogen-bond acceptors (Lipinski definition) is 3. The highest BCUT2D eigenvalue weighted by atomic mass is 32.1. The molecule has 0 bridgehead atoms. The number of benzene rings is 2. The number of thiazole rings is 1. The van der Waals surface area contributed by atoms with Gasteiger partial charge in [-0.1, -0.05) is 54.4 Å². The van der Waals surface area contributed by atoms with Gasteiger partial charge in [-0.3, -0.25) is 4.57 Å². The molecule has 1 aromatic heterocycles. The van der Waals surface area contributed by atoms with E-state index in [1.807, 2.05) is 6.07 Å². The van der Waals surface area contributed by atoms with E-state index < -0.39 is 0 Å². The van der Waals surface area contributed by atoms with Gasteiger partial charge in [-0.15, -0.1) is 16.4 Å². The van der Waals surface area contributed by atoms with Crippen molar-refractivity contribution in [2.45, 2.75) is 39.0 Å². The van der Waals surface area contributed by atoms with E-state index in [0.29, 0.717) is 0 Å². The van der Waals surface area contributed by atoms with E-state index in [1.54, 1.807) is 11.3 Å². The van der Waals surface area contributed by atoms with E-state index in [1.165, 1.54) is 36.1 Å². The molecular weight excluding hydrogens is 338 g/mol. The quantitative estimate of drug-likeness (QED) is 0.533. The number of hydrogen-bond donors (Lipinski definition) is 0. The highest BCUT2D eigenvalue weighted by Crippen LogP contribution is 2.23. The zero-order chi connectivity index (χ0) is 17.8. The molecule has 4 rings (SSSR count). The van der Waals surface area contributed by atoms with E-state index in [2.05, 4.69) is 75.6 Å². The van der Waals surface area contributed by atoms with Crippen molar-refractivity contribution >= 4 is 17.0 Å². The van der Waals surface area contributed by atoms with Crippen LogP contribution in [-0.4, -0.2) is 10.3 Å². The summed E-state index contributed by atoms with van der Waals surface area (Å²) in [6.07, 6.45) is 5.98. The highest BCUT2D eigenvalue weighted by Gasteiger charge is 2.11. The lowest BCUT2D eigenvalue weighted by Crippen LogP contribution is -2.14. The molecular formula is C22H23N3S. The Morgan fingerprint density at radius 3 is 2.31 bits per heavy atom. The molecule has 4 heteroatoms. The predicted molar refractivity (Wildman–Crippen MR) is 110 cm³/mol. The van der Waals surface area contributed by atoms with Crippen LogP contribution in [0.1, 0.15) is 37.7 Å². The lowest BCUT2D eigenvalue weighted by molar-refractivity contribution is 0.663. The molecule has 0 saturated heterocycles. The molecule has 0 spiro atoms. The number of nitrogens with zero attached hydrogens (tertiary/aromatic N) is 3. The van der Waals surface area contributed by atoms with Crippen molar-refractivity contribution in [1.82, 2.24) is 4.57 Å². The average molecular weight is 362 g/mol. The van der Waals surface area contributed by atoms with Crippen molar-refractivity contribution in [1.29, 1.82) is 0 Å². The van der Waals surface area contributed by atoms with E-state index >= 15 is 0 Å². The van der Waals surface area contributed by atoms with Crippen molar-refractivity contribution in [3.05, 3.63) is 70.3 Å². The Morgan fingerprint density at radius 1 is 0.846 bits per heavy atom. The highest BCUT2D eigenvalue weighted by molar-refractivity contribution is 7.07. The van der Waals surface area contributed by atoms with Crippen molar-refractivity contribution in [3.63, 3.8) is 0 Å². The summed E-state index contributed by atoms with van der Waals surface area (Å²) in [5.41, 5.74) is 5.96. The fraction of sp³-hybridized carbons (Fsp3) is 0.273. The molecule has 26 heavy (non-hydrogen) atoms. The maximum atomic E-state index is 4.64. The Balaban J connectivity index is 1.84. The summed E-state index contributed by atoms with van der Waals surface area (Å²) in [7, 11) is 0. The van der Waals surface area contributed by atoms with Gasteiger partial charge in [0, 0.05) is 16.8 Å². The first kappa shape index (κ1) is 17.0. The average Bonchev–Trinajstić information content (AvgIpc) is 3.12. The third-order valence-corrected chi connectivity index (χ3v) is 5.59. The van der Waals surface area contributed by atoms with Gasteiger partial charge in [-0.25, -0.2) is 0 Å². The molecule has 1 aliphatic carbocycles. The van der Waals surface area contributed by atoms with Crippen LogP contribution in [-0.2, 0) is 0 Å². The molecule has 2 aromatic carbocycles. The summed E-state index contributed by atoms with van der Waals surface area (Å²) < 4.78 is 2.21. The molecule has 132 valence electrons. The fourth-order valence-corrected chi connectivity index (χ4v) is 4.16. The van der Waals surface area contributed by atoms with E-state index in [9.17, 15) is 0 Å². The molecule has 3 nitrogen and oxygen atoms in total. The van der Waals surface area contributed by atoms with Crippen LogP contribution in [0.25, 0.3) is 16.9 Å². The second-order valence-corrected chi connectivity index (χ2v) is 7.60. The van der Waals surface area contributed by atoms with Crippen LogP contribution in [0.4, 0.5) is 0 Å². The zero-order valence-corrected chi connectivity index (χ0v) is 15.9. The Morgan fingerprint density at radius 2 is 1.58 bits per heavy atom. The maximum Gasteiger partial charge on any atom is 0.215 e. The smallest absolute Gasteiger partial charge is 0.215 e. The lowest BCUT2D eigenvalue weighted by Gasteiger charge is -2.11. The number of aryl methyl sites for hydroxylation is 1. The molecule has 1 heterocycles. The maximum absolute atomic E-state index is 4.64. The predicted octanol–water partition coefficient (Wildman–Crippen LogP) is 5.74. The summed E-state index contributed by atoms with van der Waals surface area (Å²) in [5, 5.41) is 11.4. The van der Waals surface area contributed by atoms with Crippen molar-refractivity contribution in [2.75, 3.05) is 0 Å². The Hall–Kier alpha value is -2.46. The van der Waals surface area contributed by atoms with Crippen LogP contribution in [0.2, 0.25) is 0 Å². The summed E-state index contributed by atoms with van der Waals surface area (Å²) in [6.45, 7) is 2.11. The second-order valence-electron chi connectivity index (χ2n) is 6.77. The van der Waals surface area contributed by atoms with Crippen LogP contribution in [0.5, 0.6) is 0 Å². The first-order chi connectivity index (χ1) is 12.8. The number of aromatic nitrogens is 1. The van der Waals surface area contributed by atoms with Crippen LogP contribution >= 0.6 is 11.3 Å². The van der Waals surface area contributed by atoms with Crippen LogP contribution in [0.3, 0.4) is 0 Å². The minimum atomic E-state index is 0.922. The molecule has 0 atom stereocenters. The third-order valence-electron chi connectivity index (χ3n) is 4.78. The van der Waals surface area contributed by atoms with Crippen LogP contribution < -0.4 is 4.80 Å². The Labute approximate surface area is 158 Å². The normalized spacial score (nSPS) is 15.3. The topological polar surface area (TPSA) is 29.6 Å². The van der Waals surface area contributed by atoms with Gasteiger partial charge in [-0.05, 0) is 50.3 Å². The van der Waals surface area contributed by atoms with Gasteiger partial charge in [-0.2, -0.15) is 5.10 Å². The van der Waals surface area contributed by atoms with E-state index in [4.69, 9.17) is 0 Å². The van der Waals surface area contributed by atoms with Gasteiger partial charge >= 0.3 is 0 Å².